The lowest BCUT2D eigenvalue weighted by Crippen LogP contribution is -1.94. The minimum absolute atomic E-state index is 0.190. The molecule has 0 N–H and O–H groups in total. The Kier molecular flexibility index (Phi) is 4.02. The van der Waals surface area contributed by atoms with Gasteiger partial charge < -0.3 is 0 Å². The molecule has 1 unspecified atom stereocenters. The fourth-order valence-corrected chi connectivity index (χ4v) is 3.26. The maximum absolute atomic E-state index is 6.66. The number of benzene rings is 3. The third-order valence-corrected chi connectivity index (χ3v) is 4.77. The zero-order valence-electron chi connectivity index (χ0n) is 10.5. The molecule has 100 valence electrons. The van der Waals surface area contributed by atoms with Gasteiger partial charge in [0.2, 0.25) is 0 Å². The lowest BCUT2D eigenvalue weighted by molar-refractivity contribution is 1.16. The predicted octanol–water partition coefficient (Wildman–Crippen LogP) is 6.58. The fraction of sp³-hybridized carbons (Fsp3) is 0.0588. The van der Waals surface area contributed by atoms with Crippen molar-refractivity contribution in [1.82, 2.24) is 0 Å². The number of halogens is 3. The maximum atomic E-state index is 6.66. The van der Waals surface area contributed by atoms with Gasteiger partial charge in [-0.05, 0) is 40.1 Å². The first-order valence-corrected chi connectivity index (χ1v) is 7.84. The fourth-order valence-electron chi connectivity index (χ4n) is 2.32. The molecule has 3 aromatic carbocycles. The SMILES string of the molecule is Clc1ccc(C(Cl)c2ccc(Br)c3ccccc23)cc1. The van der Waals surface area contributed by atoms with Crippen LogP contribution in [0.2, 0.25) is 5.02 Å². The minimum Gasteiger partial charge on any atom is -0.113 e. The summed E-state index contributed by atoms with van der Waals surface area (Å²) in [5.74, 6) is 0. The van der Waals surface area contributed by atoms with E-state index < -0.39 is 0 Å². The molecule has 3 heteroatoms. The highest BCUT2D eigenvalue weighted by atomic mass is 79.9. The number of hydrogen-bond acceptors (Lipinski definition) is 0. The second-order valence-electron chi connectivity index (χ2n) is 4.60. The predicted molar refractivity (Wildman–Crippen MR) is 90.8 cm³/mol. The molecule has 1 atom stereocenters. The molecule has 0 aliphatic rings. The highest BCUT2D eigenvalue weighted by Crippen LogP contribution is 2.36. The van der Waals surface area contributed by atoms with E-state index in [0.29, 0.717) is 0 Å². The molecule has 3 rings (SSSR count). The quantitative estimate of drug-likeness (QED) is 0.449. The zero-order valence-corrected chi connectivity index (χ0v) is 13.6. The molecule has 0 aromatic heterocycles. The largest absolute Gasteiger partial charge is 0.113 e. The first-order valence-electron chi connectivity index (χ1n) is 6.23. The van der Waals surface area contributed by atoms with Crippen LogP contribution in [0.3, 0.4) is 0 Å². The van der Waals surface area contributed by atoms with E-state index in [1.807, 2.05) is 42.5 Å². The standard InChI is InChI=1S/C17H11BrCl2/c18-16-10-9-15(13-3-1-2-4-14(13)16)17(20)11-5-7-12(19)8-6-11/h1-10,17H. The molecular formula is C17H11BrCl2. The van der Waals surface area contributed by atoms with Gasteiger partial charge in [0, 0.05) is 9.50 Å². The highest BCUT2D eigenvalue weighted by Gasteiger charge is 2.14. The van der Waals surface area contributed by atoms with Crippen LogP contribution >= 0.6 is 39.1 Å². The van der Waals surface area contributed by atoms with Gasteiger partial charge in [0.15, 0.2) is 0 Å². The van der Waals surface area contributed by atoms with Crippen molar-refractivity contribution in [3.63, 3.8) is 0 Å². The summed E-state index contributed by atoms with van der Waals surface area (Å²) in [4.78, 5) is 0. The third kappa shape index (κ3) is 2.58. The van der Waals surface area contributed by atoms with Crippen LogP contribution in [-0.4, -0.2) is 0 Å². The second-order valence-corrected chi connectivity index (χ2v) is 6.32. The van der Waals surface area contributed by atoms with Crippen molar-refractivity contribution < 1.29 is 0 Å². The van der Waals surface area contributed by atoms with Crippen molar-refractivity contribution in [1.29, 1.82) is 0 Å². The Labute approximate surface area is 136 Å². The third-order valence-electron chi connectivity index (χ3n) is 3.34. The molecule has 0 radical (unpaired) electrons. The van der Waals surface area contributed by atoms with E-state index in [1.54, 1.807) is 0 Å². The van der Waals surface area contributed by atoms with Crippen LogP contribution in [0.1, 0.15) is 16.5 Å². The first-order chi connectivity index (χ1) is 9.66. The van der Waals surface area contributed by atoms with Gasteiger partial charge in [-0.3, -0.25) is 0 Å². The Morgan fingerprint density at radius 3 is 2.15 bits per heavy atom. The van der Waals surface area contributed by atoms with Crippen LogP contribution < -0.4 is 0 Å². The van der Waals surface area contributed by atoms with E-state index in [4.69, 9.17) is 23.2 Å². The molecule has 0 heterocycles. The van der Waals surface area contributed by atoms with Crippen molar-refractivity contribution in [2.45, 2.75) is 5.38 Å². The molecular weight excluding hydrogens is 355 g/mol. The summed E-state index contributed by atoms with van der Waals surface area (Å²) < 4.78 is 1.08. The topological polar surface area (TPSA) is 0 Å². The Balaban J connectivity index is 2.14. The van der Waals surface area contributed by atoms with Crippen molar-refractivity contribution in [2.75, 3.05) is 0 Å². The van der Waals surface area contributed by atoms with Crippen LogP contribution in [0.4, 0.5) is 0 Å². The minimum atomic E-state index is -0.190. The molecule has 0 nitrogen and oxygen atoms in total. The van der Waals surface area contributed by atoms with Crippen LogP contribution in [0.5, 0.6) is 0 Å². The van der Waals surface area contributed by atoms with Crippen molar-refractivity contribution >= 4 is 49.9 Å². The van der Waals surface area contributed by atoms with Crippen LogP contribution in [-0.2, 0) is 0 Å². The summed E-state index contributed by atoms with van der Waals surface area (Å²) in [7, 11) is 0. The van der Waals surface area contributed by atoms with Crippen molar-refractivity contribution in [2.24, 2.45) is 0 Å². The molecule has 0 saturated carbocycles. The summed E-state index contributed by atoms with van der Waals surface area (Å²) in [5.41, 5.74) is 2.15. The lowest BCUT2D eigenvalue weighted by Gasteiger charge is -2.14. The monoisotopic (exact) mass is 364 g/mol. The smallest absolute Gasteiger partial charge is 0.0841 e. The Bertz CT molecular complexity index is 751. The van der Waals surface area contributed by atoms with Gasteiger partial charge in [-0.15, -0.1) is 11.6 Å². The van der Waals surface area contributed by atoms with E-state index in [2.05, 4.69) is 34.1 Å². The van der Waals surface area contributed by atoms with E-state index >= 15 is 0 Å². The number of hydrogen-bond donors (Lipinski definition) is 0. The lowest BCUT2D eigenvalue weighted by atomic mass is 9.98. The molecule has 0 aliphatic heterocycles. The molecule has 0 saturated heterocycles. The van der Waals surface area contributed by atoms with E-state index in [-0.39, 0.29) is 5.38 Å². The average molecular weight is 366 g/mol. The van der Waals surface area contributed by atoms with E-state index in [0.717, 1.165) is 26.0 Å². The molecule has 0 fully saturated rings. The molecule has 3 aromatic rings. The zero-order chi connectivity index (χ0) is 14.1. The van der Waals surface area contributed by atoms with Gasteiger partial charge in [-0.25, -0.2) is 0 Å². The average Bonchev–Trinajstić information content (AvgIpc) is 2.48. The second kappa shape index (κ2) is 5.77. The Morgan fingerprint density at radius 1 is 0.800 bits per heavy atom. The van der Waals surface area contributed by atoms with Gasteiger partial charge in [0.25, 0.3) is 0 Å². The Hall–Kier alpha value is -1.02. The summed E-state index contributed by atoms with van der Waals surface area (Å²) in [6.07, 6.45) is 0. The molecule has 0 bridgehead atoms. The summed E-state index contributed by atoms with van der Waals surface area (Å²) in [5, 5.41) is 2.87. The number of rotatable bonds is 2. The Morgan fingerprint density at radius 2 is 1.45 bits per heavy atom. The van der Waals surface area contributed by atoms with Gasteiger partial charge in [0.1, 0.15) is 0 Å². The van der Waals surface area contributed by atoms with Gasteiger partial charge in [-0.2, -0.15) is 0 Å². The maximum Gasteiger partial charge on any atom is 0.0841 e. The van der Waals surface area contributed by atoms with E-state index in [1.165, 1.54) is 5.39 Å². The summed E-state index contributed by atoms with van der Waals surface area (Å²) in [6.45, 7) is 0. The highest BCUT2D eigenvalue weighted by molar-refractivity contribution is 9.10. The van der Waals surface area contributed by atoms with Crippen molar-refractivity contribution in [3.05, 3.63) is 81.3 Å². The molecule has 0 spiro atoms. The van der Waals surface area contributed by atoms with Crippen molar-refractivity contribution in [3.8, 4) is 0 Å². The molecule has 20 heavy (non-hydrogen) atoms. The normalized spacial score (nSPS) is 12.6. The van der Waals surface area contributed by atoms with E-state index in [9.17, 15) is 0 Å². The number of fused-ring (bicyclic) bond motifs is 1. The van der Waals surface area contributed by atoms with Crippen LogP contribution in [0.15, 0.2) is 65.1 Å². The van der Waals surface area contributed by atoms with Gasteiger partial charge in [-0.1, -0.05) is 70.0 Å². The van der Waals surface area contributed by atoms with Gasteiger partial charge >= 0.3 is 0 Å². The van der Waals surface area contributed by atoms with Crippen LogP contribution in [0, 0.1) is 0 Å². The first kappa shape index (κ1) is 13.9. The molecule has 0 aliphatic carbocycles. The summed E-state index contributed by atoms with van der Waals surface area (Å²) >= 11 is 16.2. The summed E-state index contributed by atoms with van der Waals surface area (Å²) in [6, 6.07) is 20.0. The number of alkyl halides is 1. The molecule has 0 amide bonds. The van der Waals surface area contributed by atoms with Crippen LogP contribution in [0.25, 0.3) is 10.8 Å². The van der Waals surface area contributed by atoms with Gasteiger partial charge in [0.05, 0.1) is 5.38 Å².